The fraction of sp³-hybridized carbons (Fsp3) is 0.364. The quantitative estimate of drug-likeness (QED) is 0.813. The van der Waals surface area contributed by atoms with Gasteiger partial charge in [-0.15, -0.1) is 0 Å². The maximum atomic E-state index is 4.37. The molecule has 80 valence electrons. The molecular weight excluding hydrogens is 188 g/mol. The molecule has 1 N–H and O–H groups in total. The van der Waals surface area contributed by atoms with E-state index < -0.39 is 0 Å². The summed E-state index contributed by atoms with van der Waals surface area (Å²) in [6, 6.07) is 4.22. The van der Waals surface area contributed by atoms with Gasteiger partial charge in [-0.3, -0.25) is 0 Å². The van der Waals surface area contributed by atoms with Gasteiger partial charge in [-0.1, -0.05) is 0 Å². The molecule has 0 aliphatic carbocycles. The minimum atomic E-state index is 0.787. The molecule has 0 saturated carbocycles. The molecule has 0 aromatic carbocycles. The van der Waals surface area contributed by atoms with Crippen LogP contribution in [0.25, 0.3) is 5.52 Å². The number of hydrogen-bond donors (Lipinski definition) is 1. The van der Waals surface area contributed by atoms with Crippen molar-refractivity contribution >= 4 is 11.2 Å². The smallest absolute Gasteiger partial charge is 0.127 e. The monoisotopic (exact) mass is 204 g/mol. The van der Waals surface area contributed by atoms with Gasteiger partial charge in [-0.2, -0.15) is 0 Å². The summed E-state index contributed by atoms with van der Waals surface area (Å²) < 4.78 is 2.10. The maximum Gasteiger partial charge on any atom is 0.127 e. The van der Waals surface area contributed by atoms with E-state index in [-0.39, 0.29) is 0 Å². The molecule has 0 fully saturated rings. The Morgan fingerprint density at radius 1 is 1.47 bits per heavy atom. The third-order valence-electron chi connectivity index (χ3n) is 2.44. The zero-order chi connectivity index (χ0) is 10.8. The second-order valence-electron chi connectivity index (χ2n) is 3.78. The molecule has 2 rings (SSSR count). The molecule has 15 heavy (non-hydrogen) atoms. The number of pyridine rings is 1. The molecule has 0 saturated heterocycles. The zero-order valence-corrected chi connectivity index (χ0v) is 9.36. The number of nitrogens with zero attached hydrogens (tertiary/aromatic N) is 3. The molecule has 0 unspecified atom stereocenters. The summed E-state index contributed by atoms with van der Waals surface area (Å²) >= 11 is 0. The first kappa shape index (κ1) is 9.98. The summed E-state index contributed by atoms with van der Waals surface area (Å²) in [5.74, 6) is 1.04. The van der Waals surface area contributed by atoms with Crippen LogP contribution in [0.15, 0.2) is 24.5 Å². The maximum absolute atomic E-state index is 4.37. The van der Waals surface area contributed by atoms with Crippen LogP contribution >= 0.6 is 0 Å². The molecule has 0 aliphatic heterocycles. The van der Waals surface area contributed by atoms with Gasteiger partial charge in [0, 0.05) is 26.0 Å². The molecular formula is C11H16N4. The number of anilines is 1. The number of fused-ring (bicyclic) bond motifs is 1. The van der Waals surface area contributed by atoms with Crippen LogP contribution in [0.3, 0.4) is 0 Å². The fourth-order valence-corrected chi connectivity index (χ4v) is 1.61. The van der Waals surface area contributed by atoms with Gasteiger partial charge in [0.1, 0.15) is 5.82 Å². The van der Waals surface area contributed by atoms with Crippen LogP contribution in [0.5, 0.6) is 0 Å². The largest absolute Gasteiger partial charge is 0.378 e. The summed E-state index contributed by atoms with van der Waals surface area (Å²) in [6.07, 6.45) is 3.96. The number of hydrogen-bond acceptors (Lipinski definition) is 3. The van der Waals surface area contributed by atoms with Crippen LogP contribution in [0.1, 0.15) is 5.82 Å². The van der Waals surface area contributed by atoms with Gasteiger partial charge in [-0.25, -0.2) is 4.98 Å². The van der Waals surface area contributed by atoms with Crippen molar-refractivity contribution in [1.29, 1.82) is 0 Å². The highest BCUT2D eigenvalue weighted by molar-refractivity contribution is 5.58. The second kappa shape index (κ2) is 3.90. The van der Waals surface area contributed by atoms with Gasteiger partial charge in [0.2, 0.25) is 0 Å². The van der Waals surface area contributed by atoms with Gasteiger partial charge in [0.25, 0.3) is 0 Å². The summed E-state index contributed by atoms with van der Waals surface area (Å²) in [5.41, 5.74) is 2.32. The molecule has 2 aromatic heterocycles. The molecule has 4 heteroatoms. The molecule has 0 aliphatic rings. The van der Waals surface area contributed by atoms with Crippen molar-refractivity contribution in [3.63, 3.8) is 0 Å². The first-order valence-corrected chi connectivity index (χ1v) is 5.00. The molecule has 0 bridgehead atoms. The highest BCUT2D eigenvalue weighted by Crippen LogP contribution is 2.15. The van der Waals surface area contributed by atoms with E-state index in [4.69, 9.17) is 0 Å². The summed E-state index contributed by atoms with van der Waals surface area (Å²) in [7, 11) is 6.00. The SMILES string of the molecule is CNCc1ncc2cc(N(C)C)ccn12. The van der Waals surface area contributed by atoms with Crippen LogP contribution < -0.4 is 10.2 Å². The molecule has 2 heterocycles. The number of aromatic nitrogens is 2. The van der Waals surface area contributed by atoms with Gasteiger partial charge in [0.15, 0.2) is 0 Å². The van der Waals surface area contributed by atoms with Gasteiger partial charge in [0.05, 0.1) is 18.3 Å². The van der Waals surface area contributed by atoms with Crippen LogP contribution in [0, 0.1) is 0 Å². The third-order valence-corrected chi connectivity index (χ3v) is 2.44. The standard InChI is InChI=1S/C11H16N4/c1-12-8-11-13-7-10-6-9(14(2)3)4-5-15(10)11/h4-7,12H,8H2,1-3H3. The van der Waals surface area contributed by atoms with E-state index in [1.54, 1.807) is 0 Å². The normalized spacial score (nSPS) is 10.9. The van der Waals surface area contributed by atoms with E-state index in [0.717, 1.165) is 17.9 Å². The lowest BCUT2D eigenvalue weighted by Crippen LogP contribution is -2.10. The van der Waals surface area contributed by atoms with Crippen molar-refractivity contribution in [2.75, 3.05) is 26.0 Å². The van der Waals surface area contributed by atoms with Gasteiger partial charge < -0.3 is 14.6 Å². The van der Waals surface area contributed by atoms with E-state index in [2.05, 4.69) is 37.9 Å². The lowest BCUT2D eigenvalue weighted by atomic mass is 10.3. The number of rotatable bonds is 3. The highest BCUT2D eigenvalue weighted by Gasteiger charge is 2.03. The Labute approximate surface area is 89.5 Å². The zero-order valence-electron chi connectivity index (χ0n) is 9.36. The lowest BCUT2D eigenvalue weighted by molar-refractivity contribution is 0.755. The molecule has 0 amide bonds. The summed E-state index contributed by atoms with van der Waals surface area (Å²) in [4.78, 5) is 6.46. The van der Waals surface area contributed by atoms with Crippen molar-refractivity contribution < 1.29 is 0 Å². The minimum absolute atomic E-state index is 0.787. The van der Waals surface area contributed by atoms with Crippen molar-refractivity contribution in [3.05, 3.63) is 30.4 Å². The van der Waals surface area contributed by atoms with E-state index in [9.17, 15) is 0 Å². The summed E-state index contributed by atoms with van der Waals surface area (Å²) in [5, 5.41) is 3.11. The fourth-order valence-electron chi connectivity index (χ4n) is 1.61. The van der Waals surface area contributed by atoms with E-state index in [1.807, 2.05) is 27.3 Å². The van der Waals surface area contributed by atoms with Crippen molar-refractivity contribution in [2.45, 2.75) is 6.54 Å². The minimum Gasteiger partial charge on any atom is -0.378 e. The van der Waals surface area contributed by atoms with E-state index in [1.165, 1.54) is 5.69 Å². The second-order valence-corrected chi connectivity index (χ2v) is 3.78. The lowest BCUT2D eigenvalue weighted by Gasteiger charge is -2.12. The molecule has 0 atom stereocenters. The van der Waals surface area contributed by atoms with Crippen molar-refractivity contribution in [1.82, 2.24) is 14.7 Å². The Hall–Kier alpha value is -1.55. The molecule has 2 aromatic rings. The third kappa shape index (κ3) is 1.80. The molecule has 0 spiro atoms. The Kier molecular flexibility index (Phi) is 2.60. The number of nitrogens with one attached hydrogen (secondary N) is 1. The van der Waals surface area contributed by atoms with Crippen LogP contribution in [-0.2, 0) is 6.54 Å². The summed E-state index contributed by atoms with van der Waals surface area (Å²) in [6.45, 7) is 0.787. The van der Waals surface area contributed by atoms with Crippen LogP contribution in [0.4, 0.5) is 5.69 Å². The predicted molar refractivity (Wildman–Crippen MR) is 62.3 cm³/mol. The van der Waals surface area contributed by atoms with Crippen LogP contribution in [0.2, 0.25) is 0 Å². The average molecular weight is 204 g/mol. The van der Waals surface area contributed by atoms with Crippen LogP contribution in [-0.4, -0.2) is 30.5 Å². The van der Waals surface area contributed by atoms with E-state index in [0.29, 0.717) is 0 Å². The van der Waals surface area contributed by atoms with Gasteiger partial charge in [-0.05, 0) is 19.2 Å². The topological polar surface area (TPSA) is 32.6 Å². The Bertz CT molecular complexity index is 459. The average Bonchev–Trinajstić information content (AvgIpc) is 2.61. The highest BCUT2D eigenvalue weighted by atomic mass is 15.1. The van der Waals surface area contributed by atoms with Crippen molar-refractivity contribution in [2.24, 2.45) is 0 Å². The Balaban J connectivity index is 2.47. The number of imidazole rings is 1. The first-order valence-electron chi connectivity index (χ1n) is 5.00. The molecule has 4 nitrogen and oxygen atoms in total. The Morgan fingerprint density at radius 2 is 2.27 bits per heavy atom. The predicted octanol–water partition coefficient (Wildman–Crippen LogP) is 1.12. The molecule has 0 radical (unpaired) electrons. The van der Waals surface area contributed by atoms with E-state index >= 15 is 0 Å². The van der Waals surface area contributed by atoms with Crippen molar-refractivity contribution in [3.8, 4) is 0 Å². The van der Waals surface area contributed by atoms with Gasteiger partial charge >= 0.3 is 0 Å². The Morgan fingerprint density at radius 3 is 2.93 bits per heavy atom. The first-order chi connectivity index (χ1) is 7.22.